The fourth-order valence-electron chi connectivity index (χ4n) is 3.33. The van der Waals surface area contributed by atoms with Crippen LogP contribution in [0.5, 0.6) is 5.75 Å². The molecule has 3 rings (SSSR count). The maximum absolute atomic E-state index is 14.4. The lowest BCUT2D eigenvalue weighted by molar-refractivity contribution is -0.157. The molecule has 1 fully saturated rings. The van der Waals surface area contributed by atoms with Gasteiger partial charge in [-0.05, 0) is 50.2 Å². The number of amides is 1. The van der Waals surface area contributed by atoms with Gasteiger partial charge in [-0.2, -0.15) is 0 Å². The molecule has 0 spiro atoms. The number of rotatable bonds is 7. The highest BCUT2D eigenvalue weighted by Gasteiger charge is 2.25. The van der Waals surface area contributed by atoms with Crippen LogP contribution in [0.2, 0.25) is 10.0 Å². The van der Waals surface area contributed by atoms with Crippen LogP contribution in [0.25, 0.3) is 0 Å². The first-order chi connectivity index (χ1) is 15.7. The maximum atomic E-state index is 14.4. The van der Waals surface area contributed by atoms with E-state index in [1.165, 1.54) is 32.0 Å². The van der Waals surface area contributed by atoms with E-state index in [9.17, 15) is 18.8 Å². The van der Waals surface area contributed by atoms with Crippen molar-refractivity contribution in [1.82, 2.24) is 4.90 Å². The van der Waals surface area contributed by atoms with Gasteiger partial charge in [0, 0.05) is 36.8 Å². The van der Waals surface area contributed by atoms with Crippen LogP contribution >= 0.6 is 23.2 Å². The van der Waals surface area contributed by atoms with Crippen LogP contribution in [0.4, 0.5) is 10.1 Å². The molecule has 33 heavy (non-hydrogen) atoms. The van der Waals surface area contributed by atoms with Crippen LogP contribution < -0.4 is 9.64 Å². The van der Waals surface area contributed by atoms with E-state index in [0.29, 0.717) is 42.5 Å². The molecule has 2 aromatic rings. The summed E-state index contributed by atoms with van der Waals surface area (Å²) in [5.74, 6) is -1.48. The summed E-state index contributed by atoms with van der Waals surface area (Å²) in [5, 5.41) is 0.688. The molecular formula is C23H23Cl2FN2O5. The molecule has 0 N–H and O–H groups in total. The first-order valence-corrected chi connectivity index (χ1v) is 11.0. The Kier molecular flexibility index (Phi) is 8.15. The molecule has 1 saturated heterocycles. The minimum absolute atomic E-state index is 0.207. The molecule has 1 amide bonds. The largest absolute Gasteiger partial charge is 0.477 e. The maximum Gasteiger partial charge on any atom is 0.347 e. The zero-order chi connectivity index (χ0) is 24.1. The second-order valence-corrected chi connectivity index (χ2v) is 8.38. The molecule has 1 atom stereocenters. The van der Waals surface area contributed by atoms with Crippen LogP contribution in [-0.4, -0.2) is 61.4 Å². The third-order valence-electron chi connectivity index (χ3n) is 5.19. The van der Waals surface area contributed by atoms with Crippen LogP contribution in [0.1, 0.15) is 24.2 Å². The van der Waals surface area contributed by atoms with Crippen molar-refractivity contribution in [3.05, 3.63) is 57.8 Å². The zero-order valence-corrected chi connectivity index (χ0v) is 19.7. The summed E-state index contributed by atoms with van der Waals surface area (Å²) in [4.78, 5) is 39.4. The third-order valence-corrected chi connectivity index (χ3v) is 5.73. The van der Waals surface area contributed by atoms with E-state index in [4.69, 9.17) is 32.7 Å². The van der Waals surface area contributed by atoms with Gasteiger partial charge in [-0.1, -0.05) is 23.2 Å². The van der Waals surface area contributed by atoms with Gasteiger partial charge in [0.25, 0.3) is 5.91 Å². The highest BCUT2D eigenvalue weighted by molar-refractivity contribution is 6.35. The Hall–Kier alpha value is -2.84. The Bertz CT molecular complexity index is 1060. The van der Waals surface area contributed by atoms with Crippen molar-refractivity contribution in [2.45, 2.75) is 20.0 Å². The highest BCUT2D eigenvalue weighted by atomic mass is 35.5. The summed E-state index contributed by atoms with van der Waals surface area (Å²) in [7, 11) is 0. The molecule has 0 saturated carbocycles. The fourth-order valence-corrected chi connectivity index (χ4v) is 3.78. The number of carbonyl (C=O) groups is 3. The van der Waals surface area contributed by atoms with E-state index in [1.54, 1.807) is 28.0 Å². The SMILES string of the molecule is CC(=O)c1ccc(N2CCN(C(=O)COC(=O)C(C)Oc3ccc(Cl)cc3Cl)CC2)c(F)c1. The number of anilines is 1. The molecule has 1 aliphatic heterocycles. The second-order valence-electron chi connectivity index (χ2n) is 7.53. The summed E-state index contributed by atoms with van der Waals surface area (Å²) >= 11 is 11.9. The smallest absolute Gasteiger partial charge is 0.347 e. The molecule has 0 bridgehead atoms. The van der Waals surface area contributed by atoms with Gasteiger partial charge in [0.05, 0.1) is 10.7 Å². The molecule has 1 unspecified atom stereocenters. The van der Waals surface area contributed by atoms with E-state index >= 15 is 0 Å². The van der Waals surface area contributed by atoms with Crippen LogP contribution in [-0.2, 0) is 14.3 Å². The van der Waals surface area contributed by atoms with E-state index in [1.807, 2.05) is 0 Å². The number of ether oxygens (including phenoxy) is 2. The molecule has 1 heterocycles. The number of carbonyl (C=O) groups excluding carboxylic acids is 3. The van der Waals surface area contributed by atoms with Crippen LogP contribution in [0, 0.1) is 5.82 Å². The standard InChI is InChI=1S/C23H23Cl2FN2O5/c1-14(29)16-3-5-20(19(26)11-16)27-7-9-28(10-8-27)22(30)13-32-23(31)15(2)33-21-6-4-17(24)12-18(21)25/h3-6,11-12,15H,7-10,13H2,1-2H3. The van der Waals surface area contributed by atoms with Gasteiger partial charge in [0.2, 0.25) is 0 Å². The lowest BCUT2D eigenvalue weighted by Crippen LogP contribution is -2.50. The lowest BCUT2D eigenvalue weighted by Gasteiger charge is -2.36. The van der Waals surface area contributed by atoms with Crippen molar-refractivity contribution in [2.24, 2.45) is 0 Å². The fraction of sp³-hybridized carbons (Fsp3) is 0.348. The minimum Gasteiger partial charge on any atom is -0.477 e. The first-order valence-electron chi connectivity index (χ1n) is 10.3. The number of hydrogen-bond donors (Lipinski definition) is 0. The summed E-state index contributed by atoms with van der Waals surface area (Å²) in [6.07, 6.45) is -0.978. The van der Waals surface area contributed by atoms with Gasteiger partial charge in [-0.25, -0.2) is 9.18 Å². The van der Waals surface area contributed by atoms with Crippen molar-refractivity contribution in [3.8, 4) is 5.75 Å². The Morgan fingerprint density at radius 2 is 1.76 bits per heavy atom. The topological polar surface area (TPSA) is 76.2 Å². The van der Waals surface area contributed by atoms with E-state index in [-0.39, 0.29) is 22.5 Å². The summed E-state index contributed by atoms with van der Waals surface area (Å²) < 4.78 is 25.0. The minimum atomic E-state index is -0.978. The number of nitrogens with zero attached hydrogens (tertiary/aromatic N) is 2. The third kappa shape index (κ3) is 6.36. The molecule has 10 heteroatoms. The van der Waals surface area contributed by atoms with Crippen molar-refractivity contribution in [2.75, 3.05) is 37.7 Å². The number of halogens is 3. The molecule has 0 radical (unpaired) electrons. The van der Waals surface area contributed by atoms with Crippen molar-refractivity contribution in [1.29, 1.82) is 0 Å². The Morgan fingerprint density at radius 3 is 2.36 bits per heavy atom. The average molecular weight is 497 g/mol. The predicted molar refractivity (Wildman–Crippen MR) is 123 cm³/mol. The van der Waals surface area contributed by atoms with Crippen LogP contribution in [0.15, 0.2) is 36.4 Å². The monoisotopic (exact) mass is 496 g/mol. The predicted octanol–water partition coefficient (Wildman–Crippen LogP) is 3.99. The second kappa shape index (κ2) is 10.9. The Labute approximate surface area is 201 Å². The summed E-state index contributed by atoms with van der Waals surface area (Å²) in [6, 6.07) is 8.97. The summed E-state index contributed by atoms with van der Waals surface area (Å²) in [5.41, 5.74) is 0.689. The molecule has 0 aliphatic carbocycles. The molecule has 2 aromatic carbocycles. The van der Waals surface area contributed by atoms with Gasteiger partial charge in [0.15, 0.2) is 18.5 Å². The number of esters is 1. The quantitative estimate of drug-likeness (QED) is 0.426. The average Bonchev–Trinajstić information content (AvgIpc) is 2.79. The molecule has 176 valence electrons. The van der Waals surface area contributed by atoms with Gasteiger partial charge in [-0.3, -0.25) is 9.59 Å². The molecular weight excluding hydrogens is 474 g/mol. The molecule has 0 aromatic heterocycles. The van der Waals surface area contributed by atoms with Gasteiger partial charge in [-0.15, -0.1) is 0 Å². The normalized spacial score (nSPS) is 14.6. The number of hydrogen-bond acceptors (Lipinski definition) is 6. The van der Waals surface area contributed by atoms with E-state index in [2.05, 4.69) is 0 Å². The van der Waals surface area contributed by atoms with Gasteiger partial charge < -0.3 is 19.3 Å². The van der Waals surface area contributed by atoms with E-state index in [0.717, 1.165) is 0 Å². The highest BCUT2D eigenvalue weighted by Crippen LogP contribution is 2.28. The van der Waals surface area contributed by atoms with Crippen molar-refractivity contribution >= 4 is 46.5 Å². The zero-order valence-electron chi connectivity index (χ0n) is 18.1. The van der Waals surface area contributed by atoms with Gasteiger partial charge in [0.1, 0.15) is 11.6 Å². The Morgan fingerprint density at radius 1 is 1.06 bits per heavy atom. The number of benzene rings is 2. The number of piperazine rings is 1. The molecule has 1 aliphatic rings. The number of ketones is 1. The van der Waals surface area contributed by atoms with Gasteiger partial charge >= 0.3 is 5.97 Å². The lowest BCUT2D eigenvalue weighted by atomic mass is 10.1. The molecule has 7 nitrogen and oxygen atoms in total. The van der Waals surface area contributed by atoms with Crippen LogP contribution in [0.3, 0.4) is 0 Å². The van der Waals surface area contributed by atoms with Crippen molar-refractivity contribution in [3.63, 3.8) is 0 Å². The Balaban J connectivity index is 1.47. The van der Waals surface area contributed by atoms with E-state index < -0.39 is 24.5 Å². The first kappa shape index (κ1) is 24.8. The van der Waals surface area contributed by atoms with Crippen molar-refractivity contribution < 1.29 is 28.2 Å². The number of Topliss-reactive ketones (excluding diaryl/α,β-unsaturated/α-hetero) is 1. The summed E-state index contributed by atoms with van der Waals surface area (Å²) in [6.45, 7) is 3.94.